The van der Waals surface area contributed by atoms with Crippen LogP contribution in [-0.2, 0) is 4.79 Å². The molecule has 2 aliphatic rings. The van der Waals surface area contributed by atoms with Gasteiger partial charge in [-0.15, -0.1) is 0 Å². The SMILES string of the molecule is O=C(CN1C(=O)c2cccc3cccc1c23)NN=C1CCCCCCCCCCC1. The maximum Gasteiger partial charge on any atom is 0.260 e. The van der Waals surface area contributed by atoms with Crippen LogP contribution in [-0.4, -0.2) is 24.1 Å². The molecule has 0 unspecified atom stereocenters. The minimum atomic E-state index is -0.244. The van der Waals surface area contributed by atoms with Gasteiger partial charge in [0.25, 0.3) is 11.8 Å². The molecule has 0 saturated heterocycles. The zero-order valence-electron chi connectivity index (χ0n) is 17.7. The third kappa shape index (κ3) is 4.72. The number of hydrazone groups is 1. The number of anilines is 1. The summed E-state index contributed by atoms with van der Waals surface area (Å²) in [5, 5.41) is 6.41. The van der Waals surface area contributed by atoms with Gasteiger partial charge >= 0.3 is 0 Å². The number of benzene rings is 2. The first kappa shape index (κ1) is 20.6. The lowest BCUT2D eigenvalue weighted by atomic mass is 10.00. The van der Waals surface area contributed by atoms with Crippen LogP contribution < -0.4 is 10.3 Å². The summed E-state index contributed by atoms with van der Waals surface area (Å²) < 4.78 is 0. The standard InChI is InChI=1S/C25H31N3O2/c29-23(27-26-20-14-8-6-4-2-1-3-5-7-9-15-20)18-28-22-17-11-13-19-12-10-16-21(24(19)22)25(28)30/h10-13,16-17H,1-9,14-15,18H2,(H,27,29). The van der Waals surface area contributed by atoms with Gasteiger partial charge in [0.15, 0.2) is 0 Å². The summed E-state index contributed by atoms with van der Waals surface area (Å²) >= 11 is 0. The van der Waals surface area contributed by atoms with Gasteiger partial charge in [0.05, 0.1) is 5.69 Å². The van der Waals surface area contributed by atoms with Crippen LogP contribution in [0.3, 0.4) is 0 Å². The quantitative estimate of drug-likeness (QED) is 0.678. The number of hydrogen-bond acceptors (Lipinski definition) is 3. The number of amides is 2. The molecule has 2 aromatic rings. The Balaban J connectivity index is 1.39. The maximum absolute atomic E-state index is 12.8. The van der Waals surface area contributed by atoms with E-state index in [1.54, 1.807) is 4.90 Å². The topological polar surface area (TPSA) is 61.8 Å². The number of hydrogen-bond donors (Lipinski definition) is 1. The third-order valence-electron chi connectivity index (χ3n) is 6.22. The van der Waals surface area contributed by atoms with Crippen molar-refractivity contribution >= 4 is 34.0 Å². The molecule has 1 N–H and O–H groups in total. The Morgan fingerprint density at radius 2 is 1.47 bits per heavy atom. The smallest absolute Gasteiger partial charge is 0.260 e. The number of carbonyl (C=O) groups excluding carboxylic acids is 2. The summed E-state index contributed by atoms with van der Waals surface area (Å²) in [7, 11) is 0. The van der Waals surface area contributed by atoms with Gasteiger partial charge < -0.3 is 0 Å². The van der Waals surface area contributed by atoms with Crippen LogP contribution in [0.5, 0.6) is 0 Å². The summed E-state index contributed by atoms with van der Waals surface area (Å²) in [6, 6.07) is 11.5. The van der Waals surface area contributed by atoms with Crippen molar-refractivity contribution in [2.45, 2.75) is 70.6 Å². The molecule has 4 rings (SSSR count). The Morgan fingerprint density at radius 3 is 2.13 bits per heavy atom. The average Bonchev–Trinajstić information content (AvgIpc) is 3.01. The summed E-state index contributed by atoms with van der Waals surface area (Å²) in [4.78, 5) is 27.0. The fourth-order valence-electron chi connectivity index (χ4n) is 4.59. The zero-order chi connectivity index (χ0) is 20.8. The van der Waals surface area contributed by atoms with Crippen LogP contribution in [0.1, 0.15) is 81.0 Å². The molecule has 30 heavy (non-hydrogen) atoms. The molecule has 0 bridgehead atoms. The van der Waals surface area contributed by atoms with E-state index in [9.17, 15) is 9.59 Å². The Hall–Kier alpha value is -2.69. The first-order chi connectivity index (χ1) is 14.7. The molecule has 158 valence electrons. The number of rotatable bonds is 3. The van der Waals surface area contributed by atoms with Crippen molar-refractivity contribution in [3.05, 3.63) is 42.0 Å². The predicted octanol–water partition coefficient (Wildman–Crippen LogP) is 5.58. The van der Waals surface area contributed by atoms with Crippen LogP contribution in [0.15, 0.2) is 41.5 Å². The van der Waals surface area contributed by atoms with Crippen LogP contribution >= 0.6 is 0 Å². The van der Waals surface area contributed by atoms with E-state index in [-0.39, 0.29) is 18.4 Å². The van der Waals surface area contributed by atoms with Crippen molar-refractivity contribution in [3.63, 3.8) is 0 Å². The molecular formula is C25H31N3O2. The number of nitrogens with zero attached hydrogens (tertiary/aromatic N) is 2. The van der Waals surface area contributed by atoms with E-state index in [4.69, 9.17) is 0 Å². The highest BCUT2D eigenvalue weighted by atomic mass is 16.2. The molecule has 2 amide bonds. The van der Waals surface area contributed by atoms with Crippen molar-refractivity contribution in [1.29, 1.82) is 0 Å². The molecule has 5 nitrogen and oxygen atoms in total. The monoisotopic (exact) mass is 405 g/mol. The summed E-state index contributed by atoms with van der Waals surface area (Å²) in [5.41, 5.74) is 5.29. The largest absolute Gasteiger partial charge is 0.298 e. The number of nitrogens with one attached hydrogen (secondary N) is 1. The van der Waals surface area contributed by atoms with Gasteiger partial charge in [0.2, 0.25) is 0 Å². The highest BCUT2D eigenvalue weighted by molar-refractivity contribution is 6.26. The van der Waals surface area contributed by atoms with E-state index < -0.39 is 0 Å². The molecule has 1 saturated carbocycles. The molecule has 0 spiro atoms. The van der Waals surface area contributed by atoms with Crippen molar-refractivity contribution in [2.75, 3.05) is 11.4 Å². The van der Waals surface area contributed by atoms with Crippen molar-refractivity contribution in [3.8, 4) is 0 Å². The fraction of sp³-hybridized carbons (Fsp3) is 0.480. The van der Waals surface area contributed by atoms with Crippen LogP contribution in [0.25, 0.3) is 10.8 Å². The molecule has 1 aliphatic heterocycles. The Kier molecular flexibility index (Phi) is 6.77. The minimum absolute atomic E-state index is 0.0105. The second kappa shape index (κ2) is 9.88. The molecular weight excluding hydrogens is 374 g/mol. The summed E-state index contributed by atoms with van der Waals surface area (Å²) in [6.45, 7) is -0.0105. The number of carbonyl (C=O) groups is 2. The third-order valence-corrected chi connectivity index (χ3v) is 6.22. The summed E-state index contributed by atoms with van der Waals surface area (Å²) in [5.74, 6) is -0.359. The molecule has 0 atom stereocenters. The second-order valence-corrected chi connectivity index (χ2v) is 8.47. The van der Waals surface area contributed by atoms with E-state index >= 15 is 0 Å². The highest BCUT2D eigenvalue weighted by Gasteiger charge is 2.30. The van der Waals surface area contributed by atoms with E-state index in [0.29, 0.717) is 5.56 Å². The van der Waals surface area contributed by atoms with E-state index in [1.807, 2.05) is 36.4 Å². The fourth-order valence-corrected chi connectivity index (χ4v) is 4.59. The van der Waals surface area contributed by atoms with Crippen LogP contribution in [0.2, 0.25) is 0 Å². The lowest BCUT2D eigenvalue weighted by Crippen LogP contribution is -2.37. The maximum atomic E-state index is 12.8. The molecule has 1 heterocycles. The molecule has 5 heteroatoms. The lowest BCUT2D eigenvalue weighted by Gasteiger charge is -2.16. The first-order valence-corrected chi connectivity index (χ1v) is 11.4. The van der Waals surface area contributed by atoms with Crippen molar-refractivity contribution in [2.24, 2.45) is 5.10 Å². The van der Waals surface area contributed by atoms with Gasteiger partial charge in [-0.05, 0) is 43.2 Å². The highest BCUT2D eigenvalue weighted by Crippen LogP contribution is 2.36. The molecule has 1 aliphatic carbocycles. The Morgan fingerprint density at radius 1 is 0.867 bits per heavy atom. The van der Waals surface area contributed by atoms with E-state index in [2.05, 4.69) is 10.5 Å². The van der Waals surface area contributed by atoms with Gasteiger partial charge in [-0.2, -0.15) is 5.10 Å². The lowest BCUT2D eigenvalue weighted by molar-refractivity contribution is -0.119. The van der Waals surface area contributed by atoms with E-state index in [0.717, 1.165) is 47.9 Å². The molecule has 0 radical (unpaired) electrons. The molecule has 2 aromatic carbocycles. The Labute approximate surface area is 178 Å². The molecule has 0 aromatic heterocycles. The van der Waals surface area contributed by atoms with Gasteiger partial charge in [-0.1, -0.05) is 69.2 Å². The van der Waals surface area contributed by atoms with Crippen LogP contribution in [0.4, 0.5) is 5.69 Å². The van der Waals surface area contributed by atoms with Crippen LogP contribution in [0, 0.1) is 0 Å². The Bertz CT molecular complexity index is 931. The molecule has 1 fully saturated rings. The van der Waals surface area contributed by atoms with Gasteiger partial charge in [0.1, 0.15) is 6.54 Å². The van der Waals surface area contributed by atoms with Gasteiger partial charge in [-0.3, -0.25) is 14.5 Å². The zero-order valence-corrected chi connectivity index (χ0v) is 17.7. The van der Waals surface area contributed by atoms with Crippen molar-refractivity contribution in [1.82, 2.24) is 5.43 Å². The van der Waals surface area contributed by atoms with Gasteiger partial charge in [0, 0.05) is 16.7 Å². The van der Waals surface area contributed by atoms with Gasteiger partial charge in [-0.25, -0.2) is 5.43 Å². The van der Waals surface area contributed by atoms with Crippen molar-refractivity contribution < 1.29 is 9.59 Å². The first-order valence-electron chi connectivity index (χ1n) is 11.4. The average molecular weight is 406 g/mol. The second-order valence-electron chi connectivity index (χ2n) is 8.47. The normalized spacial score (nSPS) is 18.1. The van der Waals surface area contributed by atoms with E-state index in [1.165, 1.54) is 44.9 Å². The predicted molar refractivity (Wildman–Crippen MR) is 122 cm³/mol. The summed E-state index contributed by atoms with van der Waals surface area (Å²) in [6.07, 6.45) is 13.3. The minimum Gasteiger partial charge on any atom is -0.298 e.